The number of halogens is 4. The van der Waals surface area contributed by atoms with Crippen LogP contribution >= 0.6 is 0 Å². The van der Waals surface area contributed by atoms with E-state index in [2.05, 4.69) is 20.3 Å². The van der Waals surface area contributed by atoms with Crippen molar-refractivity contribution < 1.29 is 17.6 Å². The zero-order valence-electron chi connectivity index (χ0n) is 19.6. The van der Waals surface area contributed by atoms with Crippen molar-refractivity contribution in [3.8, 4) is 33.8 Å². The van der Waals surface area contributed by atoms with Crippen molar-refractivity contribution >= 4 is 11.3 Å². The number of benzene rings is 2. The fraction of sp³-hybridized carbons (Fsp3) is 0.222. The van der Waals surface area contributed by atoms with Crippen LogP contribution in [0.3, 0.4) is 0 Å². The number of imidazole rings is 2. The molecule has 37 heavy (non-hydrogen) atoms. The number of alkyl halides is 3. The number of aromatic nitrogens is 5. The molecule has 10 heteroatoms. The summed E-state index contributed by atoms with van der Waals surface area (Å²) < 4.78 is 53.4. The van der Waals surface area contributed by atoms with Gasteiger partial charge in [0.15, 0.2) is 5.65 Å². The predicted octanol–water partition coefficient (Wildman–Crippen LogP) is 6.83. The number of aromatic amines is 1. The maximum Gasteiger partial charge on any atom is 0.390 e. The molecule has 0 radical (unpaired) electrons. The third-order valence-electron chi connectivity index (χ3n) is 6.38. The van der Waals surface area contributed by atoms with Gasteiger partial charge in [0.2, 0.25) is 0 Å². The first-order valence-electron chi connectivity index (χ1n) is 12.0. The molecule has 0 spiro atoms. The van der Waals surface area contributed by atoms with E-state index in [-0.39, 0.29) is 6.54 Å². The summed E-state index contributed by atoms with van der Waals surface area (Å²) in [6.07, 6.45) is 0.541. The Morgan fingerprint density at radius 1 is 0.919 bits per heavy atom. The Kier molecular flexibility index (Phi) is 5.66. The van der Waals surface area contributed by atoms with Crippen LogP contribution in [0.2, 0.25) is 0 Å². The van der Waals surface area contributed by atoms with Gasteiger partial charge in [0, 0.05) is 23.6 Å². The molecule has 1 aliphatic carbocycles. The number of nitrogens with one attached hydrogen (secondary N) is 2. The van der Waals surface area contributed by atoms with Crippen LogP contribution in [0.4, 0.5) is 23.2 Å². The Morgan fingerprint density at radius 2 is 1.62 bits per heavy atom. The van der Waals surface area contributed by atoms with Crippen molar-refractivity contribution in [1.29, 1.82) is 0 Å². The highest BCUT2D eigenvalue weighted by molar-refractivity contribution is 5.77. The lowest BCUT2D eigenvalue weighted by molar-refractivity contribution is -0.131. The van der Waals surface area contributed by atoms with Gasteiger partial charge in [0.05, 0.1) is 41.6 Å². The van der Waals surface area contributed by atoms with E-state index in [4.69, 9.17) is 5.10 Å². The van der Waals surface area contributed by atoms with E-state index in [0.717, 1.165) is 22.6 Å². The van der Waals surface area contributed by atoms with Crippen molar-refractivity contribution in [3.05, 3.63) is 78.6 Å². The van der Waals surface area contributed by atoms with Crippen molar-refractivity contribution in [2.45, 2.75) is 31.4 Å². The molecule has 0 amide bonds. The van der Waals surface area contributed by atoms with Crippen molar-refractivity contribution in [2.24, 2.45) is 0 Å². The van der Waals surface area contributed by atoms with Gasteiger partial charge in [-0.25, -0.2) is 18.9 Å². The highest BCUT2D eigenvalue weighted by Gasteiger charge is 2.27. The molecule has 1 saturated carbocycles. The summed E-state index contributed by atoms with van der Waals surface area (Å²) >= 11 is 0. The van der Waals surface area contributed by atoms with Gasteiger partial charge < -0.3 is 10.3 Å². The highest BCUT2D eigenvalue weighted by Crippen LogP contribution is 2.39. The van der Waals surface area contributed by atoms with E-state index in [1.807, 2.05) is 30.5 Å². The molecule has 2 N–H and O–H groups in total. The second-order valence-corrected chi connectivity index (χ2v) is 9.15. The Labute approximate surface area is 209 Å². The molecule has 6 rings (SSSR count). The average molecular weight is 507 g/mol. The quantitative estimate of drug-likeness (QED) is 0.237. The van der Waals surface area contributed by atoms with Crippen molar-refractivity contribution in [1.82, 2.24) is 24.6 Å². The zero-order chi connectivity index (χ0) is 25.6. The van der Waals surface area contributed by atoms with Gasteiger partial charge in [0.25, 0.3) is 0 Å². The molecule has 2 aromatic carbocycles. The number of fused-ring (bicyclic) bond motifs is 1. The van der Waals surface area contributed by atoms with E-state index >= 15 is 0 Å². The van der Waals surface area contributed by atoms with E-state index in [1.54, 1.807) is 28.9 Å². The topological polar surface area (TPSA) is 70.9 Å². The Hall–Kier alpha value is -4.21. The summed E-state index contributed by atoms with van der Waals surface area (Å²) in [7, 11) is 0. The van der Waals surface area contributed by atoms with Crippen LogP contribution in [-0.2, 0) is 0 Å². The predicted molar refractivity (Wildman–Crippen MR) is 133 cm³/mol. The molecule has 1 aliphatic rings. The van der Waals surface area contributed by atoms with Gasteiger partial charge in [-0.05, 0) is 48.7 Å². The molecule has 1 fully saturated rings. The largest absolute Gasteiger partial charge is 0.390 e. The highest BCUT2D eigenvalue weighted by atomic mass is 19.4. The van der Waals surface area contributed by atoms with Crippen LogP contribution in [0.15, 0.2) is 67.0 Å². The number of nitrogens with zero attached hydrogens (tertiary/aromatic N) is 4. The number of hydrogen-bond donors (Lipinski definition) is 2. The van der Waals surface area contributed by atoms with Gasteiger partial charge in [-0.15, -0.1) is 0 Å². The normalized spacial score (nSPS) is 13.8. The Bertz CT molecular complexity index is 1550. The lowest BCUT2D eigenvalue weighted by Crippen LogP contribution is -2.15. The molecule has 0 saturated heterocycles. The van der Waals surface area contributed by atoms with E-state index in [0.29, 0.717) is 34.2 Å². The van der Waals surface area contributed by atoms with Gasteiger partial charge in [-0.1, -0.05) is 24.3 Å². The molecular formula is C27H22F4N6. The van der Waals surface area contributed by atoms with Gasteiger partial charge in [-0.2, -0.15) is 18.3 Å². The first-order valence-corrected chi connectivity index (χ1v) is 12.0. The molecular weight excluding hydrogens is 484 g/mol. The van der Waals surface area contributed by atoms with Gasteiger partial charge in [0.1, 0.15) is 11.6 Å². The maximum absolute atomic E-state index is 13.5. The van der Waals surface area contributed by atoms with Crippen LogP contribution in [0.25, 0.3) is 39.4 Å². The van der Waals surface area contributed by atoms with E-state index in [1.165, 1.54) is 25.0 Å². The molecule has 3 aromatic heterocycles. The maximum atomic E-state index is 13.5. The van der Waals surface area contributed by atoms with Gasteiger partial charge in [-0.3, -0.25) is 0 Å². The summed E-state index contributed by atoms with van der Waals surface area (Å²) in [4.78, 5) is 12.3. The lowest BCUT2D eigenvalue weighted by atomic mass is 10.1. The zero-order valence-corrected chi connectivity index (χ0v) is 19.6. The monoisotopic (exact) mass is 506 g/mol. The van der Waals surface area contributed by atoms with Crippen LogP contribution in [0, 0.1) is 5.82 Å². The van der Waals surface area contributed by atoms with Crippen LogP contribution in [0.1, 0.15) is 31.0 Å². The second-order valence-electron chi connectivity index (χ2n) is 9.15. The average Bonchev–Trinajstić information content (AvgIpc) is 3.44. The molecule has 0 atom stereocenters. The molecule has 3 heterocycles. The molecule has 0 unspecified atom stereocenters. The second kappa shape index (κ2) is 9.02. The number of anilines is 1. The summed E-state index contributed by atoms with van der Waals surface area (Å²) in [6.45, 7) is -0.310. The molecule has 188 valence electrons. The first kappa shape index (κ1) is 23.2. The first-order chi connectivity index (χ1) is 17.8. The Balaban J connectivity index is 1.37. The molecule has 6 nitrogen and oxygen atoms in total. The van der Waals surface area contributed by atoms with E-state index in [9.17, 15) is 17.6 Å². The number of hydrogen-bond acceptors (Lipinski definition) is 4. The smallest absolute Gasteiger partial charge is 0.382 e. The molecule has 0 bridgehead atoms. The fourth-order valence-corrected chi connectivity index (χ4v) is 4.26. The molecule has 5 aromatic rings. The number of rotatable bonds is 7. The number of H-pyrrole nitrogens is 1. The fourth-order valence-electron chi connectivity index (χ4n) is 4.26. The summed E-state index contributed by atoms with van der Waals surface area (Å²) in [6, 6.07) is 15.3. The standard InChI is InChI=1S/C27H22F4N6/c28-20-9-7-16(8-10-20)21-13-22(32-12-11-27(29,30)31)26-34-15-24(37(26)36-21)18-3-1-17(2-4-18)23-14-33-25(35-23)19-5-6-19/h1-4,7-10,13-15,19,32H,5-6,11-12H2,(H,33,35). The van der Waals surface area contributed by atoms with Crippen LogP contribution in [-0.4, -0.2) is 37.3 Å². The summed E-state index contributed by atoms with van der Waals surface area (Å²) in [5.74, 6) is 1.16. The van der Waals surface area contributed by atoms with Crippen molar-refractivity contribution in [3.63, 3.8) is 0 Å². The van der Waals surface area contributed by atoms with Gasteiger partial charge >= 0.3 is 6.18 Å². The summed E-state index contributed by atoms with van der Waals surface area (Å²) in [5.41, 5.74) is 5.36. The minimum atomic E-state index is -4.29. The van der Waals surface area contributed by atoms with E-state index < -0.39 is 18.4 Å². The van der Waals surface area contributed by atoms with Crippen LogP contribution in [0.5, 0.6) is 0 Å². The van der Waals surface area contributed by atoms with Crippen LogP contribution < -0.4 is 5.32 Å². The minimum Gasteiger partial charge on any atom is -0.382 e. The molecule has 0 aliphatic heterocycles. The Morgan fingerprint density at radius 3 is 2.32 bits per heavy atom. The minimum absolute atomic E-state index is 0.310. The SMILES string of the molecule is Fc1ccc(-c2cc(NCCC(F)(F)F)c3ncc(-c4ccc(-c5cnc(C6CC6)[nH]5)cc4)n3n2)cc1. The lowest BCUT2D eigenvalue weighted by Gasteiger charge is -2.12. The third-order valence-corrected chi connectivity index (χ3v) is 6.38. The summed E-state index contributed by atoms with van der Waals surface area (Å²) in [5, 5.41) is 7.54. The third kappa shape index (κ3) is 4.91. The van der Waals surface area contributed by atoms with Crippen molar-refractivity contribution in [2.75, 3.05) is 11.9 Å².